The quantitative estimate of drug-likeness (QED) is 0.0254. The number of allylic oxidation sites excluding steroid dienone is 1. The van der Waals surface area contributed by atoms with Gasteiger partial charge in [-0.3, -0.25) is 14.9 Å². The van der Waals surface area contributed by atoms with Crippen molar-refractivity contribution in [3.8, 4) is 11.5 Å². The van der Waals surface area contributed by atoms with Gasteiger partial charge in [0.25, 0.3) is 5.69 Å². The van der Waals surface area contributed by atoms with Crippen LogP contribution in [0.3, 0.4) is 0 Å². The zero-order valence-corrected chi connectivity index (χ0v) is 39.5. The highest BCUT2D eigenvalue weighted by atomic mass is 16.7. The Morgan fingerprint density at radius 3 is 2.44 bits per heavy atom. The molecule has 3 aliphatic rings. The largest absolute Gasteiger partial charge is 0.459 e. The van der Waals surface area contributed by atoms with Gasteiger partial charge in [0.2, 0.25) is 11.7 Å². The first-order chi connectivity index (χ1) is 32.8. The minimum absolute atomic E-state index is 0.0121. The van der Waals surface area contributed by atoms with E-state index in [0.29, 0.717) is 42.2 Å². The van der Waals surface area contributed by atoms with Crippen LogP contribution in [-0.4, -0.2) is 81.5 Å². The molecule has 0 bridgehead atoms. The van der Waals surface area contributed by atoms with Crippen molar-refractivity contribution in [2.24, 2.45) is 22.9 Å². The topological polar surface area (TPSA) is 182 Å². The van der Waals surface area contributed by atoms with Crippen molar-refractivity contribution < 1.29 is 43.8 Å². The molecule has 0 aromatic heterocycles. The number of unbranched alkanes of at least 4 members (excludes halogenated alkanes) is 2. The predicted octanol–water partition coefficient (Wildman–Crippen LogP) is 10.0. The van der Waals surface area contributed by atoms with Crippen molar-refractivity contribution in [1.82, 2.24) is 10.2 Å². The summed E-state index contributed by atoms with van der Waals surface area (Å²) in [6.45, 7) is 12.3. The van der Waals surface area contributed by atoms with E-state index in [9.17, 15) is 25.1 Å². The average Bonchev–Trinajstić information content (AvgIpc) is 3.32. The normalized spacial score (nSPS) is 22.4. The van der Waals surface area contributed by atoms with Crippen molar-refractivity contribution in [1.29, 1.82) is 0 Å². The van der Waals surface area contributed by atoms with Crippen LogP contribution in [0.15, 0.2) is 120 Å². The van der Waals surface area contributed by atoms with Crippen LogP contribution in [0.5, 0.6) is 11.5 Å². The third-order valence-corrected chi connectivity index (χ3v) is 13.0. The summed E-state index contributed by atoms with van der Waals surface area (Å²) in [7, 11) is 0. The Kier molecular flexibility index (Phi) is 16.2. The summed E-state index contributed by atoms with van der Waals surface area (Å²) in [5, 5.41) is 41.1. The van der Waals surface area contributed by atoms with E-state index < -0.39 is 34.4 Å². The molecule has 0 saturated heterocycles. The number of aliphatic hydroxyl groups excluding tert-OH is 2. The number of aliphatic hydroxyl groups is 2. The monoisotopic (exact) mass is 928 g/mol. The SMILES string of the molecule is C=CCO[C@@]12Oc3ccc(OC(=O)NCC)cc3[C@H]3[C@H](CCCCO)[C@@H](CCCCO)C=C(C(=NOC(C)(C)C)C[C@@H]1N(Cc1cccc4ccccc14)C(=O)C=Cc1ccc([N+](=O)[O-])cc1)[C@H]32. The standard InChI is InChI=1S/C54H64N4O10/c1-6-31-65-54-48(57(35-39-18-14-17-37-15-8-9-19-42(37)39)49(61)28-23-36-21-24-40(25-22-36)58(63)64)34-46(56-68-53(3,4)5)44-32-38(16-10-12-29-59)43(20-11-13-30-60)50(51(44)54)45-33-41(26-27-47(45)67-54)66-52(62)55-7-2/h6,8-9,14-15,17-19,21-28,32-33,38,43,48,50-51,59-60H,1,7,10-13,16,20,29-31,34-35H2,2-5H3,(H,55,62)/t38-,43+,48-,50+,51+,54+/m0/s1. The van der Waals surface area contributed by atoms with Gasteiger partial charge in [0.1, 0.15) is 23.1 Å². The van der Waals surface area contributed by atoms with E-state index in [1.54, 1.807) is 41.3 Å². The predicted molar refractivity (Wildman–Crippen MR) is 262 cm³/mol. The summed E-state index contributed by atoms with van der Waals surface area (Å²) in [4.78, 5) is 47.4. The summed E-state index contributed by atoms with van der Waals surface area (Å²) in [6.07, 6.45) is 10.9. The Morgan fingerprint density at radius 2 is 1.74 bits per heavy atom. The van der Waals surface area contributed by atoms with Crippen LogP contribution < -0.4 is 14.8 Å². The molecular formula is C54H64N4O10. The van der Waals surface area contributed by atoms with Crippen molar-refractivity contribution in [2.75, 3.05) is 26.4 Å². The molecule has 0 spiro atoms. The van der Waals surface area contributed by atoms with Gasteiger partial charge >= 0.3 is 6.09 Å². The number of carbonyl (C=O) groups is 2. The number of benzene rings is 4. The number of hydrogen-bond donors (Lipinski definition) is 3. The van der Waals surface area contributed by atoms with Gasteiger partial charge in [-0.05, 0) is 129 Å². The zero-order chi connectivity index (χ0) is 48.4. The highest BCUT2D eigenvalue weighted by molar-refractivity contribution is 6.03. The molecule has 1 heterocycles. The molecule has 4 aromatic rings. The third-order valence-electron chi connectivity index (χ3n) is 13.0. The molecule has 14 heteroatoms. The van der Waals surface area contributed by atoms with Crippen molar-refractivity contribution in [3.63, 3.8) is 0 Å². The van der Waals surface area contributed by atoms with Crippen LogP contribution in [0.2, 0.25) is 0 Å². The molecule has 68 heavy (non-hydrogen) atoms. The van der Waals surface area contributed by atoms with E-state index in [2.05, 4.69) is 18.0 Å². The maximum absolute atomic E-state index is 15.4. The molecule has 1 aliphatic heterocycles. The van der Waals surface area contributed by atoms with E-state index in [-0.39, 0.29) is 62.1 Å². The number of hydrogen-bond acceptors (Lipinski definition) is 11. The smallest absolute Gasteiger partial charge is 0.412 e. The van der Waals surface area contributed by atoms with Crippen LogP contribution in [0.25, 0.3) is 16.8 Å². The number of amides is 2. The van der Waals surface area contributed by atoms with Crippen LogP contribution in [0.4, 0.5) is 10.5 Å². The fourth-order valence-corrected chi connectivity index (χ4v) is 10.1. The van der Waals surface area contributed by atoms with Crippen molar-refractivity contribution in [2.45, 2.75) is 103 Å². The first-order valence-corrected chi connectivity index (χ1v) is 23.7. The van der Waals surface area contributed by atoms with Gasteiger partial charge in [-0.1, -0.05) is 72.6 Å². The molecule has 2 aliphatic carbocycles. The third kappa shape index (κ3) is 11.2. The Bertz CT molecular complexity index is 2530. The lowest BCUT2D eigenvalue weighted by molar-refractivity contribution is -0.384. The molecule has 14 nitrogen and oxygen atoms in total. The van der Waals surface area contributed by atoms with Gasteiger partial charge < -0.3 is 39.5 Å². The molecule has 2 amide bonds. The highest BCUT2D eigenvalue weighted by Crippen LogP contribution is 2.62. The molecule has 7 rings (SSSR count). The summed E-state index contributed by atoms with van der Waals surface area (Å²) >= 11 is 0. The second-order valence-corrected chi connectivity index (χ2v) is 18.7. The summed E-state index contributed by atoms with van der Waals surface area (Å²) in [5.74, 6) is -2.11. The van der Waals surface area contributed by atoms with E-state index in [1.165, 1.54) is 18.2 Å². The Balaban J connectivity index is 1.49. The lowest BCUT2D eigenvalue weighted by atomic mass is 9.55. The summed E-state index contributed by atoms with van der Waals surface area (Å²) in [5.41, 5.74) is 3.06. The number of oxime groups is 1. The van der Waals surface area contributed by atoms with Crippen molar-refractivity contribution >= 4 is 40.2 Å². The molecule has 1 fully saturated rings. The second-order valence-electron chi connectivity index (χ2n) is 18.7. The molecule has 6 atom stereocenters. The van der Waals surface area contributed by atoms with E-state index in [1.807, 2.05) is 76.2 Å². The van der Waals surface area contributed by atoms with Gasteiger partial charge in [-0.25, -0.2) is 4.79 Å². The maximum Gasteiger partial charge on any atom is 0.412 e. The van der Waals surface area contributed by atoms with Crippen molar-refractivity contribution in [3.05, 3.63) is 142 Å². The highest BCUT2D eigenvalue weighted by Gasteiger charge is 2.65. The lowest BCUT2D eigenvalue weighted by Gasteiger charge is -2.60. The van der Waals surface area contributed by atoms with E-state index >= 15 is 4.79 Å². The van der Waals surface area contributed by atoms with Crippen LogP contribution in [0.1, 0.15) is 95.2 Å². The number of ether oxygens (including phenoxy) is 3. The summed E-state index contributed by atoms with van der Waals surface area (Å²) < 4.78 is 20.4. The lowest BCUT2D eigenvalue weighted by Crippen LogP contribution is -2.70. The number of rotatable bonds is 20. The van der Waals surface area contributed by atoms with Gasteiger partial charge in [-0.2, -0.15) is 0 Å². The minimum Gasteiger partial charge on any atom is -0.459 e. The zero-order valence-electron chi connectivity index (χ0n) is 39.5. The van der Waals surface area contributed by atoms with Crippen LogP contribution in [0, 0.1) is 27.9 Å². The van der Waals surface area contributed by atoms with Gasteiger partial charge in [0.05, 0.1) is 23.2 Å². The molecule has 1 saturated carbocycles. The minimum atomic E-state index is -1.56. The van der Waals surface area contributed by atoms with Gasteiger partial charge in [0.15, 0.2) is 0 Å². The van der Waals surface area contributed by atoms with E-state index in [0.717, 1.165) is 53.2 Å². The Morgan fingerprint density at radius 1 is 1.00 bits per heavy atom. The molecular weight excluding hydrogens is 865 g/mol. The van der Waals surface area contributed by atoms with Crippen LogP contribution in [-0.2, 0) is 20.9 Å². The van der Waals surface area contributed by atoms with Gasteiger partial charge in [-0.15, -0.1) is 6.58 Å². The van der Waals surface area contributed by atoms with Crippen LogP contribution >= 0.6 is 0 Å². The Hall–Kier alpha value is -6.35. The molecule has 360 valence electrons. The second kappa shape index (κ2) is 22.2. The molecule has 0 radical (unpaired) electrons. The van der Waals surface area contributed by atoms with Gasteiger partial charge in [0, 0.05) is 62.4 Å². The number of carbonyl (C=O) groups excluding carboxylic acids is 2. The van der Waals surface area contributed by atoms with E-state index in [4.69, 9.17) is 24.2 Å². The number of nitro groups is 1. The number of fused-ring (bicyclic) bond motifs is 3. The number of nitrogens with zero attached hydrogens (tertiary/aromatic N) is 3. The fraction of sp³-hybridized carbons (Fsp3) is 0.426. The first-order valence-electron chi connectivity index (χ1n) is 23.7. The fourth-order valence-electron chi connectivity index (χ4n) is 10.1. The molecule has 0 unspecified atom stereocenters. The molecule has 3 N–H and O–H groups in total. The number of nitrogens with one attached hydrogen (secondary N) is 1. The number of nitro benzene ring substituents is 1. The average molecular weight is 929 g/mol. The first kappa shape index (κ1) is 49.6. The molecule has 4 aromatic carbocycles. The Labute approximate surface area is 398 Å². The summed E-state index contributed by atoms with van der Waals surface area (Å²) in [6, 6.07) is 24.6. The number of non-ortho nitro benzene ring substituents is 1. The maximum atomic E-state index is 15.4.